The van der Waals surface area contributed by atoms with Gasteiger partial charge in [-0.2, -0.15) is 0 Å². The second kappa shape index (κ2) is 6.75. The van der Waals surface area contributed by atoms with Crippen molar-refractivity contribution in [1.82, 2.24) is 10.1 Å². The highest BCUT2D eigenvalue weighted by molar-refractivity contribution is 6.30. The van der Waals surface area contributed by atoms with E-state index in [9.17, 15) is 4.79 Å². The van der Waals surface area contributed by atoms with Gasteiger partial charge in [-0.3, -0.25) is 4.79 Å². The van der Waals surface area contributed by atoms with E-state index in [0.29, 0.717) is 18.2 Å². The van der Waals surface area contributed by atoms with Gasteiger partial charge in [-0.15, -0.1) is 0 Å². The van der Waals surface area contributed by atoms with Crippen molar-refractivity contribution in [2.45, 2.75) is 38.5 Å². The number of hydrogen-bond acceptors (Lipinski definition) is 3. The average molecular weight is 333 g/mol. The summed E-state index contributed by atoms with van der Waals surface area (Å²) in [5, 5.41) is 4.72. The normalized spacial score (nSPS) is 18.4. The first kappa shape index (κ1) is 16.1. The number of piperidine rings is 1. The van der Waals surface area contributed by atoms with Crippen LogP contribution in [0.4, 0.5) is 0 Å². The van der Waals surface area contributed by atoms with Crippen molar-refractivity contribution in [3.8, 4) is 0 Å². The van der Waals surface area contributed by atoms with E-state index in [4.69, 9.17) is 16.1 Å². The standard InChI is InChI=1S/C18H21ClN2O2/c1-12(2)16-10-17(23-20-16)18(22)21-9-3-4-14(11-21)13-5-7-15(19)8-6-13/h5-8,10,12,14H,3-4,9,11H2,1-2H3. The van der Waals surface area contributed by atoms with E-state index in [0.717, 1.165) is 30.1 Å². The van der Waals surface area contributed by atoms with Crippen LogP contribution in [0.3, 0.4) is 0 Å². The largest absolute Gasteiger partial charge is 0.351 e. The Kier molecular flexibility index (Phi) is 4.71. The van der Waals surface area contributed by atoms with Gasteiger partial charge in [0.25, 0.3) is 5.91 Å². The summed E-state index contributed by atoms with van der Waals surface area (Å²) < 4.78 is 5.24. The van der Waals surface area contributed by atoms with Gasteiger partial charge in [0, 0.05) is 30.1 Å². The topological polar surface area (TPSA) is 46.3 Å². The molecular formula is C18H21ClN2O2. The number of halogens is 1. The molecule has 1 atom stereocenters. The Morgan fingerprint density at radius 2 is 2.09 bits per heavy atom. The zero-order valence-electron chi connectivity index (χ0n) is 13.5. The number of rotatable bonds is 3. The molecule has 0 aliphatic carbocycles. The van der Waals surface area contributed by atoms with Crippen LogP contribution in [0, 0.1) is 0 Å². The van der Waals surface area contributed by atoms with Crippen molar-refractivity contribution in [2.24, 2.45) is 0 Å². The van der Waals surface area contributed by atoms with Gasteiger partial charge < -0.3 is 9.42 Å². The third-order valence-corrected chi connectivity index (χ3v) is 4.63. The maximum atomic E-state index is 12.6. The van der Waals surface area contributed by atoms with Gasteiger partial charge in [0.2, 0.25) is 5.76 Å². The van der Waals surface area contributed by atoms with Crippen molar-refractivity contribution < 1.29 is 9.32 Å². The molecule has 1 aliphatic rings. The molecule has 1 saturated heterocycles. The Morgan fingerprint density at radius 3 is 2.74 bits per heavy atom. The molecule has 1 amide bonds. The zero-order valence-corrected chi connectivity index (χ0v) is 14.2. The summed E-state index contributed by atoms with van der Waals surface area (Å²) in [5.41, 5.74) is 2.05. The summed E-state index contributed by atoms with van der Waals surface area (Å²) >= 11 is 5.95. The van der Waals surface area contributed by atoms with Gasteiger partial charge in [0.05, 0.1) is 5.69 Å². The van der Waals surface area contributed by atoms with Crippen molar-refractivity contribution in [2.75, 3.05) is 13.1 Å². The summed E-state index contributed by atoms with van der Waals surface area (Å²) in [5.74, 6) is 0.870. The maximum absolute atomic E-state index is 12.6. The number of amides is 1. The molecule has 2 heterocycles. The fourth-order valence-electron chi connectivity index (χ4n) is 2.99. The van der Waals surface area contributed by atoms with E-state index in [1.807, 2.05) is 43.0 Å². The number of hydrogen-bond donors (Lipinski definition) is 0. The minimum absolute atomic E-state index is 0.0666. The third kappa shape index (κ3) is 3.58. The number of nitrogens with zero attached hydrogens (tertiary/aromatic N) is 2. The summed E-state index contributed by atoms with van der Waals surface area (Å²) in [6, 6.07) is 9.67. The molecular weight excluding hydrogens is 312 g/mol. The third-order valence-electron chi connectivity index (χ3n) is 4.38. The zero-order chi connectivity index (χ0) is 16.4. The van der Waals surface area contributed by atoms with Gasteiger partial charge in [0.1, 0.15) is 0 Å². The number of carbonyl (C=O) groups excluding carboxylic acids is 1. The lowest BCUT2D eigenvalue weighted by Gasteiger charge is -2.32. The van der Waals surface area contributed by atoms with Crippen LogP contribution in [0.15, 0.2) is 34.9 Å². The molecule has 2 aromatic rings. The van der Waals surface area contributed by atoms with E-state index in [-0.39, 0.29) is 11.8 Å². The highest BCUT2D eigenvalue weighted by atomic mass is 35.5. The lowest BCUT2D eigenvalue weighted by molar-refractivity contribution is 0.0665. The van der Waals surface area contributed by atoms with Crippen LogP contribution < -0.4 is 0 Å². The summed E-state index contributed by atoms with van der Waals surface area (Å²) in [7, 11) is 0. The molecule has 0 N–H and O–H groups in total. The van der Waals surface area contributed by atoms with E-state index >= 15 is 0 Å². The first-order valence-electron chi connectivity index (χ1n) is 8.06. The first-order valence-corrected chi connectivity index (χ1v) is 8.43. The Hall–Kier alpha value is -1.81. The highest BCUT2D eigenvalue weighted by Gasteiger charge is 2.27. The number of likely N-dealkylation sites (tertiary alicyclic amines) is 1. The second-order valence-electron chi connectivity index (χ2n) is 6.41. The molecule has 122 valence electrons. The van der Waals surface area contributed by atoms with Crippen LogP contribution in [0.25, 0.3) is 0 Å². The maximum Gasteiger partial charge on any atom is 0.292 e. The lowest BCUT2D eigenvalue weighted by atomic mass is 9.90. The number of aromatic nitrogens is 1. The van der Waals surface area contributed by atoms with Crippen LogP contribution in [0.2, 0.25) is 5.02 Å². The molecule has 4 nitrogen and oxygen atoms in total. The highest BCUT2D eigenvalue weighted by Crippen LogP contribution is 2.29. The average Bonchev–Trinajstić information content (AvgIpc) is 3.05. The van der Waals surface area contributed by atoms with Gasteiger partial charge >= 0.3 is 0 Å². The van der Waals surface area contributed by atoms with Gasteiger partial charge in [-0.05, 0) is 36.5 Å². The van der Waals surface area contributed by atoms with Crippen LogP contribution in [-0.4, -0.2) is 29.1 Å². The quantitative estimate of drug-likeness (QED) is 0.833. The molecule has 0 saturated carbocycles. The fourth-order valence-corrected chi connectivity index (χ4v) is 3.11. The van der Waals surface area contributed by atoms with Gasteiger partial charge in [-0.25, -0.2) is 0 Å². The molecule has 1 aromatic heterocycles. The minimum Gasteiger partial charge on any atom is -0.351 e. The Bertz CT molecular complexity index is 679. The monoisotopic (exact) mass is 332 g/mol. The van der Waals surface area contributed by atoms with Crippen LogP contribution >= 0.6 is 11.6 Å². The van der Waals surface area contributed by atoms with Crippen LogP contribution in [-0.2, 0) is 0 Å². The molecule has 5 heteroatoms. The van der Waals surface area contributed by atoms with E-state index < -0.39 is 0 Å². The summed E-state index contributed by atoms with van der Waals surface area (Å²) in [6.07, 6.45) is 2.07. The molecule has 1 aliphatic heterocycles. The molecule has 23 heavy (non-hydrogen) atoms. The van der Waals surface area contributed by atoms with Crippen LogP contribution in [0.1, 0.15) is 60.3 Å². The SMILES string of the molecule is CC(C)c1cc(C(=O)N2CCCC(c3ccc(Cl)cc3)C2)on1. The molecule has 3 rings (SSSR count). The van der Waals surface area contributed by atoms with Crippen molar-refractivity contribution in [3.05, 3.63) is 52.4 Å². The lowest BCUT2D eigenvalue weighted by Crippen LogP contribution is -2.39. The first-order chi connectivity index (χ1) is 11.0. The predicted octanol–water partition coefficient (Wildman–Crippen LogP) is 4.47. The molecule has 1 fully saturated rings. The number of benzene rings is 1. The minimum atomic E-state index is -0.0666. The van der Waals surface area contributed by atoms with Crippen molar-refractivity contribution >= 4 is 17.5 Å². The van der Waals surface area contributed by atoms with E-state index in [1.165, 1.54) is 5.56 Å². The Morgan fingerprint density at radius 1 is 1.35 bits per heavy atom. The molecule has 0 bridgehead atoms. The van der Waals surface area contributed by atoms with Crippen molar-refractivity contribution in [3.63, 3.8) is 0 Å². The second-order valence-corrected chi connectivity index (χ2v) is 6.85. The predicted molar refractivity (Wildman–Crippen MR) is 89.9 cm³/mol. The van der Waals surface area contributed by atoms with Gasteiger partial charge in [0.15, 0.2) is 0 Å². The van der Waals surface area contributed by atoms with E-state index in [1.54, 1.807) is 6.07 Å². The van der Waals surface area contributed by atoms with E-state index in [2.05, 4.69) is 5.16 Å². The van der Waals surface area contributed by atoms with Crippen LogP contribution in [0.5, 0.6) is 0 Å². The number of carbonyl (C=O) groups is 1. The Labute approximate surface area is 141 Å². The smallest absolute Gasteiger partial charge is 0.292 e. The van der Waals surface area contributed by atoms with Crippen molar-refractivity contribution in [1.29, 1.82) is 0 Å². The van der Waals surface area contributed by atoms with Gasteiger partial charge in [-0.1, -0.05) is 42.7 Å². The summed E-state index contributed by atoms with van der Waals surface area (Å²) in [6.45, 7) is 5.53. The molecule has 0 radical (unpaired) electrons. The Balaban J connectivity index is 1.72. The molecule has 1 unspecified atom stereocenters. The molecule has 0 spiro atoms. The molecule has 1 aromatic carbocycles. The fraction of sp³-hybridized carbons (Fsp3) is 0.444. The summed E-state index contributed by atoms with van der Waals surface area (Å²) in [4.78, 5) is 14.5.